The number of ether oxygens (including phenoxy) is 1. The minimum Gasteiger partial charge on any atom is -0.384 e. The lowest BCUT2D eigenvalue weighted by Gasteiger charge is -2.37. The van der Waals surface area contributed by atoms with Crippen LogP contribution in [0.3, 0.4) is 0 Å². The van der Waals surface area contributed by atoms with E-state index in [0.29, 0.717) is 5.92 Å². The fourth-order valence-corrected chi connectivity index (χ4v) is 2.86. The lowest BCUT2D eigenvalue weighted by molar-refractivity contribution is 0.0495. The van der Waals surface area contributed by atoms with Gasteiger partial charge in [-0.15, -0.1) is 0 Å². The van der Waals surface area contributed by atoms with E-state index in [0.717, 1.165) is 36.6 Å². The number of aryl methyl sites for hydroxylation is 2. The Morgan fingerprint density at radius 1 is 1.53 bits per heavy atom. The number of hydrogen-bond acceptors (Lipinski definition) is 4. The summed E-state index contributed by atoms with van der Waals surface area (Å²) in [6.07, 6.45) is 1.28. The fraction of sp³-hybridized carbons (Fsp3) is 0.692. The number of nitrogens with two attached hydrogens (primary N) is 1. The number of hydrogen-bond donors (Lipinski definition) is 2. The lowest BCUT2D eigenvalue weighted by Crippen LogP contribution is -2.45. The van der Waals surface area contributed by atoms with E-state index in [4.69, 9.17) is 15.9 Å². The Balaban J connectivity index is 2.34. The van der Waals surface area contributed by atoms with Gasteiger partial charge in [0.25, 0.3) is 0 Å². The molecule has 0 spiro atoms. The van der Waals surface area contributed by atoms with Gasteiger partial charge in [-0.25, -0.2) is 0 Å². The second kappa shape index (κ2) is 5.21. The molecule has 1 aliphatic heterocycles. The number of nitrogens with one attached hydrogen (secondary N) is 1. The molecular formula is C13H23N5O. The third kappa shape index (κ3) is 2.45. The number of anilines is 1. The number of nitrogen functional groups attached to an aromatic ring is 1. The minimum absolute atomic E-state index is 0.0770. The van der Waals surface area contributed by atoms with Gasteiger partial charge in [0.15, 0.2) is 0 Å². The zero-order valence-electron chi connectivity index (χ0n) is 12.1. The molecule has 1 saturated heterocycles. The molecule has 0 bridgehead atoms. The van der Waals surface area contributed by atoms with Crippen LogP contribution in [0.2, 0.25) is 0 Å². The molecule has 0 saturated carbocycles. The van der Waals surface area contributed by atoms with Crippen LogP contribution in [0.15, 0.2) is 0 Å². The standard InChI is InChI=1S/C13H23N5O/c1-8-5-6-18(7-10(8)19-4)13-11(12(14)15)9(2)16-17(13)3/h8,10H,5-7H2,1-4H3,(H3,14,15). The maximum Gasteiger partial charge on any atom is 0.137 e. The van der Waals surface area contributed by atoms with Crippen LogP contribution in [-0.2, 0) is 11.8 Å². The first-order chi connectivity index (χ1) is 8.95. The molecular weight excluding hydrogens is 242 g/mol. The third-order valence-corrected chi connectivity index (χ3v) is 3.95. The summed E-state index contributed by atoms with van der Waals surface area (Å²) >= 11 is 0. The SMILES string of the molecule is COC1CN(c2c(C(=N)N)c(C)nn2C)CCC1C. The highest BCUT2D eigenvalue weighted by atomic mass is 16.5. The lowest BCUT2D eigenvalue weighted by atomic mass is 9.95. The van der Waals surface area contributed by atoms with Crippen LogP contribution in [0.4, 0.5) is 5.82 Å². The first-order valence-corrected chi connectivity index (χ1v) is 6.61. The second-order valence-electron chi connectivity index (χ2n) is 5.31. The summed E-state index contributed by atoms with van der Waals surface area (Å²) in [5.41, 5.74) is 7.25. The maximum atomic E-state index is 7.75. The molecule has 0 aromatic carbocycles. The molecule has 0 radical (unpaired) electrons. The van der Waals surface area contributed by atoms with Crippen molar-refractivity contribution in [2.45, 2.75) is 26.4 Å². The first kappa shape index (κ1) is 13.9. The van der Waals surface area contributed by atoms with Crippen molar-refractivity contribution >= 4 is 11.7 Å². The van der Waals surface area contributed by atoms with Crippen molar-refractivity contribution in [3.05, 3.63) is 11.3 Å². The molecule has 1 fully saturated rings. The Labute approximate surface area is 114 Å². The molecule has 2 rings (SSSR count). The third-order valence-electron chi connectivity index (χ3n) is 3.95. The van der Waals surface area contributed by atoms with E-state index in [9.17, 15) is 0 Å². The summed E-state index contributed by atoms with van der Waals surface area (Å²) in [4.78, 5) is 2.23. The van der Waals surface area contributed by atoms with Crippen molar-refractivity contribution in [1.29, 1.82) is 5.41 Å². The summed E-state index contributed by atoms with van der Waals surface area (Å²) in [7, 11) is 3.65. The summed E-state index contributed by atoms with van der Waals surface area (Å²) in [6, 6.07) is 0. The van der Waals surface area contributed by atoms with Crippen molar-refractivity contribution in [2.24, 2.45) is 18.7 Å². The molecule has 0 aliphatic carbocycles. The number of rotatable bonds is 3. The predicted octanol–water partition coefficient (Wildman–Crippen LogP) is 0.874. The molecule has 0 amide bonds. The predicted molar refractivity (Wildman–Crippen MR) is 75.8 cm³/mol. The van der Waals surface area contributed by atoms with Crippen LogP contribution in [0, 0.1) is 18.3 Å². The monoisotopic (exact) mass is 265 g/mol. The Hall–Kier alpha value is -1.56. The molecule has 106 valence electrons. The minimum atomic E-state index is 0.0770. The van der Waals surface area contributed by atoms with E-state index < -0.39 is 0 Å². The van der Waals surface area contributed by atoms with Crippen LogP contribution in [-0.4, -0.2) is 41.9 Å². The quantitative estimate of drug-likeness (QED) is 0.628. The van der Waals surface area contributed by atoms with E-state index in [1.54, 1.807) is 7.11 Å². The molecule has 2 atom stereocenters. The van der Waals surface area contributed by atoms with Gasteiger partial charge in [-0.3, -0.25) is 10.1 Å². The highest BCUT2D eigenvalue weighted by molar-refractivity contribution is 6.00. The number of amidine groups is 1. The highest BCUT2D eigenvalue weighted by Crippen LogP contribution is 2.28. The number of methoxy groups -OCH3 is 1. The molecule has 3 N–H and O–H groups in total. The zero-order valence-corrected chi connectivity index (χ0v) is 12.1. The molecule has 1 aromatic rings. The molecule has 2 unspecified atom stereocenters. The fourth-order valence-electron chi connectivity index (χ4n) is 2.86. The summed E-state index contributed by atoms with van der Waals surface area (Å²) in [5, 5.41) is 12.1. The van der Waals surface area contributed by atoms with Crippen molar-refractivity contribution in [3.8, 4) is 0 Å². The van der Waals surface area contributed by atoms with Gasteiger partial charge in [-0.2, -0.15) is 5.10 Å². The Bertz CT molecular complexity index is 482. The summed E-state index contributed by atoms with van der Waals surface area (Å²) in [6.45, 7) is 5.86. The topological polar surface area (TPSA) is 80.2 Å². The van der Waals surface area contributed by atoms with Gasteiger partial charge in [0.1, 0.15) is 11.7 Å². The van der Waals surface area contributed by atoms with Gasteiger partial charge in [0, 0.05) is 27.2 Å². The van der Waals surface area contributed by atoms with Gasteiger partial charge < -0.3 is 15.4 Å². The number of nitrogens with zero attached hydrogens (tertiary/aromatic N) is 3. The second-order valence-corrected chi connectivity index (χ2v) is 5.31. The molecule has 6 nitrogen and oxygen atoms in total. The van der Waals surface area contributed by atoms with Crippen molar-refractivity contribution in [3.63, 3.8) is 0 Å². The summed E-state index contributed by atoms with van der Waals surface area (Å²) in [5.74, 6) is 1.56. The van der Waals surface area contributed by atoms with Gasteiger partial charge in [-0.05, 0) is 19.3 Å². The maximum absolute atomic E-state index is 7.75. The van der Waals surface area contributed by atoms with E-state index in [1.807, 2.05) is 18.7 Å². The van der Waals surface area contributed by atoms with Crippen LogP contribution in [0.25, 0.3) is 0 Å². The van der Waals surface area contributed by atoms with E-state index >= 15 is 0 Å². The molecule has 2 heterocycles. The van der Waals surface area contributed by atoms with Gasteiger partial charge >= 0.3 is 0 Å². The van der Waals surface area contributed by atoms with Crippen LogP contribution < -0.4 is 10.6 Å². The Morgan fingerprint density at radius 3 is 2.79 bits per heavy atom. The Kier molecular flexibility index (Phi) is 3.80. The van der Waals surface area contributed by atoms with E-state index in [-0.39, 0.29) is 11.9 Å². The van der Waals surface area contributed by atoms with Crippen molar-refractivity contribution in [2.75, 3.05) is 25.1 Å². The molecule has 6 heteroatoms. The van der Waals surface area contributed by atoms with E-state index in [2.05, 4.69) is 16.9 Å². The molecule has 1 aromatic heterocycles. The van der Waals surface area contributed by atoms with Crippen LogP contribution >= 0.6 is 0 Å². The first-order valence-electron chi connectivity index (χ1n) is 6.61. The van der Waals surface area contributed by atoms with Crippen molar-refractivity contribution in [1.82, 2.24) is 9.78 Å². The van der Waals surface area contributed by atoms with Crippen LogP contribution in [0.1, 0.15) is 24.6 Å². The van der Waals surface area contributed by atoms with Gasteiger partial charge in [-0.1, -0.05) is 6.92 Å². The zero-order chi connectivity index (χ0) is 14.2. The Morgan fingerprint density at radius 2 is 2.21 bits per heavy atom. The van der Waals surface area contributed by atoms with Gasteiger partial charge in [0.2, 0.25) is 0 Å². The largest absolute Gasteiger partial charge is 0.384 e. The number of piperidine rings is 1. The average molecular weight is 265 g/mol. The van der Waals surface area contributed by atoms with Gasteiger partial charge in [0.05, 0.1) is 17.4 Å². The highest BCUT2D eigenvalue weighted by Gasteiger charge is 2.30. The molecule has 1 aliphatic rings. The number of aromatic nitrogens is 2. The average Bonchev–Trinajstić information content (AvgIpc) is 2.65. The normalized spacial score (nSPS) is 23.7. The van der Waals surface area contributed by atoms with E-state index in [1.165, 1.54) is 0 Å². The van der Waals surface area contributed by atoms with Crippen molar-refractivity contribution < 1.29 is 4.74 Å². The smallest absolute Gasteiger partial charge is 0.137 e. The van der Waals surface area contributed by atoms with Crippen LogP contribution in [0.5, 0.6) is 0 Å². The molecule has 19 heavy (non-hydrogen) atoms. The summed E-state index contributed by atoms with van der Waals surface area (Å²) < 4.78 is 7.36.